The molecule has 0 amide bonds. The van der Waals surface area contributed by atoms with Crippen LogP contribution in [-0.4, -0.2) is 52.6 Å². The molecule has 1 aliphatic rings. The number of aromatic nitrogens is 1. The second-order valence-corrected chi connectivity index (χ2v) is 10.3. The lowest BCUT2D eigenvalue weighted by molar-refractivity contribution is 0.108. The van der Waals surface area contributed by atoms with E-state index in [0.717, 1.165) is 37.4 Å². The van der Waals surface area contributed by atoms with E-state index in [2.05, 4.69) is 69.4 Å². The van der Waals surface area contributed by atoms with Gasteiger partial charge in [-0.05, 0) is 23.3 Å². The quantitative estimate of drug-likeness (QED) is 0.215. The van der Waals surface area contributed by atoms with Crippen molar-refractivity contribution >= 4 is 28.5 Å². The van der Waals surface area contributed by atoms with Gasteiger partial charge in [0, 0.05) is 42.1 Å². The van der Waals surface area contributed by atoms with E-state index in [9.17, 15) is 10.4 Å². The number of allylic oxidation sites excluding steroid dienone is 1. The minimum absolute atomic E-state index is 0.0654. The molecule has 5 nitrogen and oxygen atoms in total. The van der Waals surface area contributed by atoms with Gasteiger partial charge in [0.25, 0.3) is 0 Å². The maximum atomic E-state index is 10.9. The second-order valence-electron chi connectivity index (χ2n) is 9.01. The summed E-state index contributed by atoms with van der Waals surface area (Å²) in [6.45, 7) is 3.65. The van der Waals surface area contributed by atoms with E-state index in [1.807, 2.05) is 41.8 Å². The van der Waals surface area contributed by atoms with Gasteiger partial charge in [-0.3, -0.25) is 9.80 Å². The van der Waals surface area contributed by atoms with Crippen molar-refractivity contribution in [2.45, 2.75) is 6.04 Å². The van der Waals surface area contributed by atoms with Crippen LogP contribution in [-0.2, 0) is 0 Å². The summed E-state index contributed by atoms with van der Waals surface area (Å²) in [4.78, 5) is 9.30. The Morgan fingerprint density at radius 1 is 0.919 bits per heavy atom. The molecule has 0 spiro atoms. The highest BCUT2D eigenvalue weighted by Crippen LogP contribution is 2.31. The van der Waals surface area contributed by atoms with Crippen LogP contribution in [0, 0.1) is 11.3 Å². The van der Waals surface area contributed by atoms with Crippen LogP contribution in [0.3, 0.4) is 0 Å². The minimum Gasteiger partial charge on any atom is -0.509 e. The monoisotopic (exact) mass is 526 g/mol. The molecule has 1 aromatic heterocycles. The Bertz CT molecular complexity index is 1350. The van der Waals surface area contributed by atoms with Crippen molar-refractivity contribution in [1.82, 2.24) is 14.8 Å². The van der Waals surface area contributed by atoms with Crippen molar-refractivity contribution in [2.75, 3.05) is 32.7 Å². The smallest absolute Gasteiger partial charge is 0.138 e. The first-order valence-corrected chi connectivity index (χ1v) is 13.5. The first-order chi connectivity index (χ1) is 18.1. The third kappa shape index (κ3) is 5.93. The third-order valence-electron chi connectivity index (χ3n) is 6.63. The summed E-state index contributed by atoms with van der Waals surface area (Å²) in [6, 6.07) is 31.0. The van der Waals surface area contributed by atoms with E-state index in [1.54, 1.807) is 0 Å². The molecule has 0 saturated carbocycles. The molecule has 7 heteroatoms. The van der Waals surface area contributed by atoms with Crippen LogP contribution in [0.2, 0.25) is 5.02 Å². The van der Waals surface area contributed by atoms with Crippen molar-refractivity contribution in [3.63, 3.8) is 0 Å². The highest BCUT2D eigenvalue weighted by atomic mass is 35.5. The first kappa shape index (κ1) is 25.2. The van der Waals surface area contributed by atoms with Gasteiger partial charge in [0.15, 0.2) is 0 Å². The van der Waals surface area contributed by atoms with Gasteiger partial charge in [-0.25, -0.2) is 4.98 Å². The zero-order valence-corrected chi connectivity index (χ0v) is 21.9. The molecule has 1 fully saturated rings. The molecule has 1 saturated heterocycles. The maximum Gasteiger partial charge on any atom is 0.138 e. The molecule has 5 rings (SSSR count). The molecular formula is C30H27ClN4OS. The van der Waals surface area contributed by atoms with Gasteiger partial charge in [0.05, 0.1) is 18.3 Å². The molecule has 0 bridgehead atoms. The molecule has 1 aliphatic heterocycles. The Morgan fingerprint density at radius 2 is 1.51 bits per heavy atom. The summed E-state index contributed by atoms with van der Waals surface area (Å²) in [6.07, 6.45) is 0. The van der Waals surface area contributed by atoms with E-state index >= 15 is 0 Å². The van der Waals surface area contributed by atoms with E-state index in [0.29, 0.717) is 16.6 Å². The predicted molar refractivity (Wildman–Crippen MR) is 150 cm³/mol. The van der Waals surface area contributed by atoms with Crippen molar-refractivity contribution < 1.29 is 5.11 Å². The molecule has 0 unspecified atom stereocenters. The fourth-order valence-corrected chi connectivity index (χ4v) is 5.70. The van der Waals surface area contributed by atoms with Gasteiger partial charge < -0.3 is 5.11 Å². The van der Waals surface area contributed by atoms with Gasteiger partial charge in [-0.1, -0.05) is 84.4 Å². The summed E-state index contributed by atoms with van der Waals surface area (Å²) in [5.41, 5.74) is 4.47. The average Bonchev–Trinajstić information content (AvgIpc) is 3.42. The van der Waals surface area contributed by atoms with Crippen LogP contribution in [0.5, 0.6) is 0 Å². The van der Waals surface area contributed by atoms with Crippen LogP contribution in [0.15, 0.2) is 96.1 Å². The summed E-state index contributed by atoms with van der Waals surface area (Å²) in [5.74, 6) is 0.0654. The topological polar surface area (TPSA) is 63.4 Å². The Labute approximate surface area is 226 Å². The lowest BCUT2D eigenvalue weighted by Crippen LogP contribution is -2.48. The van der Waals surface area contributed by atoms with Crippen LogP contribution in [0.1, 0.15) is 22.2 Å². The van der Waals surface area contributed by atoms with Gasteiger partial charge in [-0.15, -0.1) is 11.3 Å². The van der Waals surface area contributed by atoms with Crippen LogP contribution < -0.4 is 0 Å². The summed E-state index contributed by atoms with van der Waals surface area (Å²) < 4.78 is 0. The van der Waals surface area contributed by atoms with Crippen molar-refractivity contribution in [3.8, 4) is 17.3 Å². The average molecular weight is 527 g/mol. The molecule has 3 aromatic carbocycles. The number of halogens is 1. The largest absolute Gasteiger partial charge is 0.509 e. The summed E-state index contributed by atoms with van der Waals surface area (Å²) >= 11 is 7.35. The highest BCUT2D eigenvalue weighted by molar-refractivity contribution is 7.11. The number of hydrogen-bond donors (Lipinski definition) is 1. The predicted octanol–water partition coefficient (Wildman–Crippen LogP) is 6.66. The van der Waals surface area contributed by atoms with Gasteiger partial charge in [0.1, 0.15) is 22.4 Å². The number of benzene rings is 3. The fraction of sp³-hybridized carbons (Fsp3) is 0.200. The molecule has 2 heterocycles. The Balaban J connectivity index is 1.28. The van der Waals surface area contributed by atoms with Gasteiger partial charge in [-0.2, -0.15) is 5.26 Å². The van der Waals surface area contributed by atoms with E-state index < -0.39 is 0 Å². The maximum absolute atomic E-state index is 10.9. The lowest BCUT2D eigenvalue weighted by Gasteiger charge is -2.39. The highest BCUT2D eigenvalue weighted by Gasteiger charge is 2.27. The minimum atomic E-state index is 0.0654. The molecule has 0 radical (unpaired) electrons. The third-order valence-corrected chi connectivity index (χ3v) is 7.75. The SMILES string of the molecule is N#CC(=C(O)CN1CCN(C(c2ccccc2)c2ccccc2)CC1)c1nc(-c2ccc(Cl)cc2)cs1. The molecule has 1 N–H and O–H groups in total. The molecular weight excluding hydrogens is 500 g/mol. The summed E-state index contributed by atoms with van der Waals surface area (Å²) in [7, 11) is 0. The van der Waals surface area contributed by atoms with E-state index in [4.69, 9.17) is 11.6 Å². The molecule has 37 heavy (non-hydrogen) atoms. The molecule has 0 aliphatic carbocycles. The normalized spacial score (nSPS) is 15.4. The number of nitriles is 1. The van der Waals surface area contributed by atoms with Gasteiger partial charge >= 0.3 is 0 Å². The Kier molecular flexibility index (Phi) is 7.98. The molecule has 0 atom stereocenters. The fourth-order valence-electron chi connectivity index (χ4n) is 4.73. The van der Waals surface area contributed by atoms with Crippen LogP contribution in [0.25, 0.3) is 16.8 Å². The number of piperazine rings is 1. The number of aliphatic hydroxyl groups excluding tert-OH is 1. The zero-order chi connectivity index (χ0) is 25.6. The van der Waals surface area contributed by atoms with Gasteiger partial charge in [0.2, 0.25) is 0 Å². The van der Waals surface area contributed by atoms with Crippen LogP contribution in [0.4, 0.5) is 0 Å². The molecule has 186 valence electrons. The zero-order valence-electron chi connectivity index (χ0n) is 20.3. The standard InChI is InChI=1S/C30H27ClN4OS/c31-25-13-11-22(12-14-25)27-21-37-30(33-27)26(19-32)28(36)20-34-15-17-35(18-16-34)29(23-7-3-1-4-8-23)24-9-5-2-6-10-24/h1-14,21,29,36H,15-18,20H2. The van der Waals surface area contributed by atoms with Crippen molar-refractivity contribution in [2.24, 2.45) is 0 Å². The second kappa shape index (κ2) is 11.7. The number of thiazole rings is 1. The first-order valence-electron chi connectivity index (χ1n) is 12.2. The number of nitrogens with zero attached hydrogens (tertiary/aromatic N) is 4. The summed E-state index contributed by atoms with van der Waals surface area (Å²) in [5, 5.41) is 23.8. The number of aliphatic hydroxyl groups is 1. The van der Waals surface area contributed by atoms with E-state index in [-0.39, 0.29) is 17.4 Å². The Hall–Kier alpha value is -3.47. The van der Waals surface area contributed by atoms with Crippen molar-refractivity contribution in [1.29, 1.82) is 5.26 Å². The number of hydrogen-bond acceptors (Lipinski definition) is 6. The number of rotatable bonds is 7. The Morgan fingerprint density at radius 3 is 2.08 bits per heavy atom. The van der Waals surface area contributed by atoms with Crippen molar-refractivity contribution in [3.05, 3.63) is 117 Å². The van der Waals surface area contributed by atoms with Crippen LogP contribution >= 0.6 is 22.9 Å². The lowest BCUT2D eigenvalue weighted by atomic mass is 9.96. The molecule has 4 aromatic rings. The van der Waals surface area contributed by atoms with E-state index in [1.165, 1.54) is 22.5 Å².